The maximum Gasteiger partial charge on any atom is 0.234 e. The fourth-order valence-electron chi connectivity index (χ4n) is 4.69. The predicted molar refractivity (Wildman–Crippen MR) is 106 cm³/mol. The molecule has 2 aliphatic rings. The number of carbonyl (C=O) groups is 1. The summed E-state index contributed by atoms with van der Waals surface area (Å²) >= 11 is 0. The summed E-state index contributed by atoms with van der Waals surface area (Å²) in [6.45, 7) is 0.812. The van der Waals surface area contributed by atoms with Crippen molar-refractivity contribution in [3.63, 3.8) is 0 Å². The number of pyridine rings is 1. The number of rotatable bonds is 6. The van der Waals surface area contributed by atoms with Crippen molar-refractivity contribution in [2.75, 3.05) is 13.7 Å². The van der Waals surface area contributed by atoms with Gasteiger partial charge in [0.2, 0.25) is 5.91 Å². The molecule has 6 heteroatoms. The van der Waals surface area contributed by atoms with Crippen molar-refractivity contribution in [3.05, 3.63) is 59.9 Å². The average Bonchev–Trinajstić information content (AvgIpc) is 2.96. The molecule has 0 spiro atoms. The normalized spacial score (nSPS) is 26.8. The number of nitrogens with zero attached hydrogens (tertiary/aromatic N) is 2. The molecule has 0 unspecified atom stereocenters. The first-order valence-electron chi connectivity index (χ1n) is 9.87. The number of para-hydroxylation sites is 1. The van der Waals surface area contributed by atoms with Crippen molar-refractivity contribution in [1.29, 1.82) is 0 Å². The molecule has 1 amide bonds. The van der Waals surface area contributed by atoms with Crippen LogP contribution < -0.4 is 10.1 Å². The number of amides is 1. The summed E-state index contributed by atoms with van der Waals surface area (Å²) < 4.78 is 5.34. The summed E-state index contributed by atoms with van der Waals surface area (Å²) in [5.41, 5.74) is 0.814. The number of hydrogen-bond donors (Lipinski definition) is 2. The Hall–Kier alpha value is -2.44. The highest BCUT2D eigenvalue weighted by Crippen LogP contribution is 2.44. The van der Waals surface area contributed by atoms with Crippen molar-refractivity contribution >= 4 is 5.91 Å². The zero-order chi connectivity index (χ0) is 19.6. The molecule has 2 fully saturated rings. The van der Waals surface area contributed by atoms with E-state index in [0.29, 0.717) is 25.9 Å². The zero-order valence-corrected chi connectivity index (χ0v) is 16.2. The summed E-state index contributed by atoms with van der Waals surface area (Å²) in [4.78, 5) is 19.2. The van der Waals surface area contributed by atoms with E-state index in [1.54, 1.807) is 13.3 Å². The smallest absolute Gasteiger partial charge is 0.234 e. The lowest BCUT2D eigenvalue weighted by atomic mass is 9.83. The van der Waals surface area contributed by atoms with Crippen molar-refractivity contribution in [3.8, 4) is 5.75 Å². The first-order valence-corrected chi connectivity index (χ1v) is 9.87. The number of methoxy groups -OCH3 is 1. The second-order valence-electron chi connectivity index (χ2n) is 7.80. The molecule has 0 radical (unpaired) electrons. The van der Waals surface area contributed by atoms with Gasteiger partial charge in [-0.25, -0.2) is 0 Å². The first-order chi connectivity index (χ1) is 13.6. The van der Waals surface area contributed by atoms with E-state index in [9.17, 15) is 9.90 Å². The van der Waals surface area contributed by atoms with Crippen molar-refractivity contribution in [2.45, 2.75) is 49.9 Å². The molecule has 2 aromatic rings. The van der Waals surface area contributed by atoms with E-state index in [2.05, 4.69) is 15.2 Å². The minimum Gasteiger partial charge on any atom is -0.496 e. The van der Waals surface area contributed by atoms with Crippen LogP contribution in [0.15, 0.2) is 48.7 Å². The van der Waals surface area contributed by atoms with Crippen LogP contribution in [-0.4, -0.2) is 46.6 Å². The molecule has 2 aliphatic heterocycles. The molecule has 28 heavy (non-hydrogen) atoms. The number of fused-ring (bicyclic) bond motifs is 2. The Balaban J connectivity index is 1.37. The predicted octanol–water partition coefficient (Wildman–Crippen LogP) is 2.22. The molecule has 2 N–H and O–H groups in total. The molecule has 148 valence electrons. The fraction of sp³-hybridized carbons (Fsp3) is 0.455. The molecule has 3 heterocycles. The average molecular weight is 381 g/mol. The second kappa shape index (κ2) is 7.89. The van der Waals surface area contributed by atoms with Gasteiger partial charge in [-0.05, 0) is 43.9 Å². The Bertz CT molecular complexity index is 813. The van der Waals surface area contributed by atoms with Gasteiger partial charge in [-0.2, -0.15) is 0 Å². The Morgan fingerprint density at radius 2 is 1.93 bits per heavy atom. The highest BCUT2D eigenvalue weighted by Gasteiger charge is 2.49. The highest BCUT2D eigenvalue weighted by molar-refractivity contribution is 5.78. The summed E-state index contributed by atoms with van der Waals surface area (Å²) in [7, 11) is 1.63. The monoisotopic (exact) mass is 381 g/mol. The van der Waals surface area contributed by atoms with E-state index in [0.717, 1.165) is 29.8 Å². The number of aliphatic hydroxyl groups is 1. The van der Waals surface area contributed by atoms with Gasteiger partial charge in [-0.3, -0.25) is 14.7 Å². The number of nitrogens with one attached hydrogen (secondary N) is 1. The topological polar surface area (TPSA) is 74.7 Å². The number of benzene rings is 1. The van der Waals surface area contributed by atoms with Gasteiger partial charge in [-0.15, -0.1) is 0 Å². The SMILES string of the molecule is COc1ccccc1CNC(=O)CN1[C@H]2CC[C@H]1CC(O)(c1ccccn1)C2. The van der Waals surface area contributed by atoms with E-state index in [4.69, 9.17) is 4.74 Å². The van der Waals surface area contributed by atoms with E-state index in [1.807, 2.05) is 42.5 Å². The number of carbonyl (C=O) groups excluding carboxylic acids is 1. The fourth-order valence-corrected chi connectivity index (χ4v) is 4.69. The van der Waals surface area contributed by atoms with Crippen LogP contribution in [0.1, 0.15) is 36.9 Å². The van der Waals surface area contributed by atoms with E-state index in [-0.39, 0.29) is 18.0 Å². The third kappa shape index (κ3) is 3.75. The lowest BCUT2D eigenvalue weighted by Crippen LogP contribution is -2.52. The van der Waals surface area contributed by atoms with Crippen LogP contribution in [0.25, 0.3) is 0 Å². The van der Waals surface area contributed by atoms with E-state index < -0.39 is 5.60 Å². The quantitative estimate of drug-likeness (QED) is 0.803. The minimum atomic E-state index is -0.891. The minimum absolute atomic E-state index is 0.00563. The van der Waals surface area contributed by atoms with Gasteiger partial charge < -0.3 is 15.2 Å². The highest BCUT2D eigenvalue weighted by atomic mass is 16.5. The molecule has 1 aromatic carbocycles. The first kappa shape index (κ1) is 18.9. The lowest BCUT2D eigenvalue weighted by Gasteiger charge is -2.43. The molecule has 0 aliphatic carbocycles. The third-order valence-corrected chi connectivity index (χ3v) is 6.05. The Morgan fingerprint density at radius 3 is 2.61 bits per heavy atom. The molecule has 0 saturated carbocycles. The van der Waals surface area contributed by atoms with Crippen LogP contribution in [-0.2, 0) is 16.9 Å². The number of ether oxygens (including phenoxy) is 1. The van der Waals surface area contributed by atoms with Crippen LogP contribution >= 0.6 is 0 Å². The van der Waals surface area contributed by atoms with Gasteiger partial charge in [-0.1, -0.05) is 24.3 Å². The van der Waals surface area contributed by atoms with Gasteiger partial charge in [0.1, 0.15) is 11.4 Å². The molecular formula is C22H27N3O3. The number of piperidine rings is 1. The molecule has 2 bridgehead atoms. The van der Waals surface area contributed by atoms with Crippen LogP contribution in [0.4, 0.5) is 0 Å². The van der Waals surface area contributed by atoms with Crippen molar-refractivity contribution in [2.24, 2.45) is 0 Å². The molecule has 2 atom stereocenters. The number of aromatic nitrogens is 1. The Kier molecular flexibility index (Phi) is 5.33. The van der Waals surface area contributed by atoms with Crippen molar-refractivity contribution in [1.82, 2.24) is 15.2 Å². The van der Waals surface area contributed by atoms with Gasteiger partial charge in [0.25, 0.3) is 0 Å². The third-order valence-electron chi connectivity index (χ3n) is 6.05. The molecule has 2 saturated heterocycles. The van der Waals surface area contributed by atoms with Crippen LogP contribution in [0.5, 0.6) is 5.75 Å². The maximum absolute atomic E-state index is 12.6. The van der Waals surface area contributed by atoms with Gasteiger partial charge in [0.15, 0.2) is 0 Å². The standard InChI is InChI=1S/C22H27N3O3/c1-28-19-7-3-2-6-16(19)14-24-21(26)15-25-17-9-10-18(25)13-22(27,12-17)20-8-4-5-11-23-20/h2-8,11,17-18,27H,9-10,12-15H2,1H3,(H,24,26)/t17-,18-/m0/s1. The Morgan fingerprint density at radius 1 is 1.21 bits per heavy atom. The maximum atomic E-state index is 12.6. The van der Waals surface area contributed by atoms with Crippen LogP contribution in [0, 0.1) is 0 Å². The van der Waals surface area contributed by atoms with Crippen molar-refractivity contribution < 1.29 is 14.6 Å². The Labute approximate surface area is 165 Å². The van der Waals surface area contributed by atoms with E-state index in [1.165, 1.54) is 0 Å². The zero-order valence-electron chi connectivity index (χ0n) is 16.2. The lowest BCUT2D eigenvalue weighted by molar-refractivity contribution is -0.126. The summed E-state index contributed by atoms with van der Waals surface area (Å²) in [5.74, 6) is 0.785. The van der Waals surface area contributed by atoms with Gasteiger partial charge >= 0.3 is 0 Å². The summed E-state index contributed by atoms with van der Waals surface area (Å²) in [6, 6.07) is 13.8. The van der Waals surface area contributed by atoms with Gasteiger partial charge in [0.05, 0.1) is 19.3 Å². The van der Waals surface area contributed by atoms with Crippen LogP contribution in [0.2, 0.25) is 0 Å². The van der Waals surface area contributed by atoms with Gasteiger partial charge in [0, 0.05) is 30.4 Å². The second-order valence-corrected chi connectivity index (χ2v) is 7.80. The molecular weight excluding hydrogens is 354 g/mol. The molecule has 4 rings (SSSR count). The molecule has 6 nitrogen and oxygen atoms in total. The number of hydrogen-bond acceptors (Lipinski definition) is 5. The van der Waals surface area contributed by atoms with Crippen LogP contribution in [0.3, 0.4) is 0 Å². The largest absolute Gasteiger partial charge is 0.496 e. The summed E-state index contributed by atoms with van der Waals surface area (Å²) in [5, 5.41) is 14.2. The summed E-state index contributed by atoms with van der Waals surface area (Å²) in [6.07, 6.45) is 5.01. The molecule has 1 aromatic heterocycles. The van der Waals surface area contributed by atoms with E-state index >= 15 is 0 Å².